The Morgan fingerprint density at radius 3 is 2.36 bits per heavy atom. The average molecular weight is 634 g/mol. The molecular weight excluding hydrogens is 586 g/mol. The predicted molar refractivity (Wildman–Crippen MR) is 164 cm³/mol. The molecule has 0 radical (unpaired) electrons. The Balaban J connectivity index is 1.43. The lowest BCUT2D eigenvalue weighted by atomic mass is 10.0. The number of ether oxygens (including phenoxy) is 4. The monoisotopic (exact) mass is 633 g/mol. The second-order valence-corrected chi connectivity index (χ2v) is 11.8. The minimum Gasteiger partial charge on any atom is -0.444 e. The van der Waals surface area contributed by atoms with E-state index in [1.165, 1.54) is 4.90 Å². The molecule has 45 heavy (non-hydrogen) atoms. The van der Waals surface area contributed by atoms with Gasteiger partial charge in [0.2, 0.25) is 17.7 Å². The first-order valence-corrected chi connectivity index (χ1v) is 15.5. The highest BCUT2D eigenvalue weighted by Gasteiger charge is 2.40. The number of unbranched alkanes of at least 4 members (excludes halogenated alkanes) is 1. The van der Waals surface area contributed by atoms with Crippen LogP contribution in [0.3, 0.4) is 0 Å². The number of carbonyl (C=O) groups is 5. The van der Waals surface area contributed by atoms with E-state index in [1.54, 1.807) is 43.9 Å². The van der Waals surface area contributed by atoms with Crippen LogP contribution in [0.25, 0.3) is 0 Å². The Labute approximate surface area is 264 Å². The second kappa shape index (κ2) is 17.8. The van der Waals surface area contributed by atoms with Gasteiger partial charge in [-0.2, -0.15) is 0 Å². The maximum atomic E-state index is 13.0. The van der Waals surface area contributed by atoms with Crippen molar-refractivity contribution in [1.82, 2.24) is 15.1 Å². The number of carbonyl (C=O) groups excluding carboxylic acids is 5. The van der Waals surface area contributed by atoms with Crippen molar-refractivity contribution < 1.29 is 42.9 Å². The minimum absolute atomic E-state index is 0.166. The fourth-order valence-corrected chi connectivity index (χ4v) is 4.92. The van der Waals surface area contributed by atoms with E-state index in [0.29, 0.717) is 88.9 Å². The average Bonchev–Trinajstić information content (AvgIpc) is 3.31. The standard InChI is InChI=1S/C31H47N5O9/c1-31(2,3)45-30(41)35(14-16-43-18-20-44-19-17-42-15-12-32)13-5-4-9-26(37)33-24-8-6-7-22-23(24)21-36(29(22)40)25-10-11-27(38)34-28(25)39/h6-8,25H,4-5,9-21,32H2,1-3H3,(H,33,37)(H,34,38,39). The van der Waals surface area contributed by atoms with Crippen molar-refractivity contribution in [3.63, 3.8) is 0 Å². The second-order valence-electron chi connectivity index (χ2n) is 11.8. The molecule has 0 aromatic heterocycles. The van der Waals surface area contributed by atoms with Crippen molar-refractivity contribution >= 4 is 35.4 Å². The number of imide groups is 1. The fourth-order valence-electron chi connectivity index (χ4n) is 4.92. The molecular formula is C31H47N5O9. The smallest absolute Gasteiger partial charge is 0.410 e. The maximum Gasteiger partial charge on any atom is 0.410 e. The number of nitrogens with zero attached hydrogens (tertiary/aromatic N) is 2. The van der Waals surface area contributed by atoms with E-state index in [1.807, 2.05) is 0 Å². The summed E-state index contributed by atoms with van der Waals surface area (Å²) in [7, 11) is 0. The lowest BCUT2D eigenvalue weighted by Crippen LogP contribution is -2.52. The van der Waals surface area contributed by atoms with Crippen LogP contribution >= 0.6 is 0 Å². The summed E-state index contributed by atoms with van der Waals surface area (Å²) in [6.45, 7) is 9.26. The number of rotatable bonds is 18. The van der Waals surface area contributed by atoms with E-state index in [-0.39, 0.29) is 43.5 Å². The number of hydrogen-bond acceptors (Lipinski definition) is 10. The fraction of sp³-hybridized carbons (Fsp3) is 0.645. The summed E-state index contributed by atoms with van der Waals surface area (Å²) in [5.41, 5.74) is 6.30. The summed E-state index contributed by atoms with van der Waals surface area (Å²) in [6.07, 6.45) is 1.27. The van der Waals surface area contributed by atoms with Gasteiger partial charge in [-0.15, -0.1) is 0 Å². The highest BCUT2D eigenvalue weighted by atomic mass is 16.6. The summed E-state index contributed by atoms with van der Waals surface area (Å²) in [4.78, 5) is 65.6. The van der Waals surface area contributed by atoms with Crippen LogP contribution in [0.4, 0.5) is 10.5 Å². The summed E-state index contributed by atoms with van der Waals surface area (Å²) in [5, 5.41) is 5.19. The number of fused-ring (bicyclic) bond motifs is 1. The van der Waals surface area contributed by atoms with Crippen LogP contribution in [-0.2, 0) is 39.9 Å². The molecule has 2 heterocycles. The van der Waals surface area contributed by atoms with Gasteiger partial charge in [0.15, 0.2) is 0 Å². The van der Waals surface area contributed by atoms with Crippen molar-refractivity contribution in [3.05, 3.63) is 29.3 Å². The number of amides is 5. The lowest BCUT2D eigenvalue weighted by Gasteiger charge is -2.29. The molecule has 14 heteroatoms. The van der Waals surface area contributed by atoms with Gasteiger partial charge in [-0.25, -0.2) is 4.79 Å². The molecule has 14 nitrogen and oxygen atoms in total. The van der Waals surface area contributed by atoms with Gasteiger partial charge < -0.3 is 39.8 Å². The zero-order valence-corrected chi connectivity index (χ0v) is 26.6. The summed E-state index contributed by atoms with van der Waals surface area (Å²) >= 11 is 0. The van der Waals surface area contributed by atoms with Crippen LogP contribution in [0, 0.1) is 0 Å². The van der Waals surface area contributed by atoms with Gasteiger partial charge in [-0.05, 0) is 52.2 Å². The summed E-state index contributed by atoms with van der Waals surface area (Å²) < 4.78 is 21.8. The molecule has 2 aliphatic rings. The van der Waals surface area contributed by atoms with E-state index in [2.05, 4.69) is 10.6 Å². The van der Waals surface area contributed by atoms with Crippen molar-refractivity contribution in [3.8, 4) is 0 Å². The molecule has 1 atom stereocenters. The third kappa shape index (κ3) is 11.7. The number of anilines is 1. The number of benzene rings is 1. The largest absolute Gasteiger partial charge is 0.444 e. The van der Waals surface area contributed by atoms with Gasteiger partial charge in [0.05, 0.1) is 39.6 Å². The van der Waals surface area contributed by atoms with E-state index in [9.17, 15) is 24.0 Å². The van der Waals surface area contributed by atoms with Crippen LogP contribution in [0.15, 0.2) is 18.2 Å². The first-order chi connectivity index (χ1) is 21.5. The number of hydrogen-bond donors (Lipinski definition) is 3. The van der Waals surface area contributed by atoms with E-state index in [0.717, 1.165) is 0 Å². The molecule has 0 saturated carbocycles. The van der Waals surface area contributed by atoms with Crippen molar-refractivity contribution in [1.29, 1.82) is 0 Å². The van der Waals surface area contributed by atoms with Crippen LogP contribution in [-0.4, -0.2) is 110 Å². The third-order valence-electron chi connectivity index (χ3n) is 7.10. The van der Waals surface area contributed by atoms with E-state index in [4.69, 9.17) is 24.7 Å². The SMILES string of the molecule is CC(C)(C)OC(=O)N(CCCCC(=O)Nc1cccc2c1CN(C1CCC(=O)NC1=O)C2=O)CCOCCOCCOCCN. The van der Waals surface area contributed by atoms with Crippen LogP contribution in [0.2, 0.25) is 0 Å². The topological polar surface area (TPSA) is 179 Å². The number of nitrogens with one attached hydrogen (secondary N) is 2. The van der Waals surface area contributed by atoms with Crippen LogP contribution < -0.4 is 16.4 Å². The van der Waals surface area contributed by atoms with Gasteiger partial charge in [0.1, 0.15) is 11.6 Å². The Morgan fingerprint density at radius 1 is 1.00 bits per heavy atom. The van der Waals surface area contributed by atoms with E-state index < -0.39 is 23.6 Å². The lowest BCUT2D eigenvalue weighted by molar-refractivity contribution is -0.137. The van der Waals surface area contributed by atoms with Gasteiger partial charge in [0.25, 0.3) is 5.91 Å². The summed E-state index contributed by atoms with van der Waals surface area (Å²) in [6, 6.07) is 4.35. The van der Waals surface area contributed by atoms with Gasteiger partial charge in [0, 0.05) is 55.8 Å². The number of piperidine rings is 1. The van der Waals surface area contributed by atoms with Gasteiger partial charge in [-0.3, -0.25) is 24.5 Å². The first kappa shape index (κ1) is 35.9. The van der Waals surface area contributed by atoms with Crippen molar-refractivity contribution in [2.75, 3.05) is 64.6 Å². The van der Waals surface area contributed by atoms with E-state index >= 15 is 0 Å². The Hall–Kier alpha value is -3.59. The van der Waals surface area contributed by atoms with Crippen LogP contribution in [0.1, 0.15) is 68.8 Å². The molecule has 0 spiro atoms. The Bertz CT molecular complexity index is 1190. The molecule has 0 aliphatic carbocycles. The van der Waals surface area contributed by atoms with Gasteiger partial charge in [-0.1, -0.05) is 6.07 Å². The maximum absolute atomic E-state index is 13.0. The van der Waals surface area contributed by atoms with Crippen molar-refractivity contribution in [2.24, 2.45) is 5.73 Å². The third-order valence-corrected chi connectivity index (χ3v) is 7.10. The molecule has 250 valence electrons. The quantitative estimate of drug-likeness (QED) is 0.159. The van der Waals surface area contributed by atoms with Crippen LogP contribution in [0.5, 0.6) is 0 Å². The molecule has 0 bridgehead atoms. The number of nitrogens with two attached hydrogens (primary N) is 1. The summed E-state index contributed by atoms with van der Waals surface area (Å²) in [5.74, 6) is -1.37. The predicted octanol–water partition coefficient (Wildman–Crippen LogP) is 1.80. The zero-order chi connectivity index (χ0) is 32.8. The highest BCUT2D eigenvalue weighted by molar-refractivity contribution is 6.06. The minimum atomic E-state index is -0.732. The molecule has 1 saturated heterocycles. The molecule has 1 aromatic carbocycles. The Morgan fingerprint density at radius 2 is 1.69 bits per heavy atom. The molecule has 3 rings (SSSR count). The normalized spacial score (nSPS) is 16.4. The molecule has 1 fully saturated rings. The molecule has 4 N–H and O–H groups in total. The van der Waals surface area contributed by atoms with Crippen molar-refractivity contribution in [2.45, 2.75) is 71.1 Å². The molecule has 1 aromatic rings. The highest BCUT2D eigenvalue weighted by Crippen LogP contribution is 2.32. The van der Waals surface area contributed by atoms with Gasteiger partial charge >= 0.3 is 6.09 Å². The Kier molecular flexibility index (Phi) is 14.2. The first-order valence-electron chi connectivity index (χ1n) is 15.5. The molecule has 2 aliphatic heterocycles. The molecule has 1 unspecified atom stereocenters. The molecule has 5 amide bonds. The zero-order valence-electron chi connectivity index (χ0n) is 26.6.